The van der Waals surface area contributed by atoms with Crippen molar-refractivity contribution in [1.29, 1.82) is 0 Å². The minimum atomic E-state index is -0.226. The summed E-state index contributed by atoms with van der Waals surface area (Å²) in [5.41, 5.74) is 4.86. The Balaban J connectivity index is 2.03. The highest BCUT2D eigenvalue weighted by Gasteiger charge is 2.05. The van der Waals surface area contributed by atoms with Crippen LogP contribution in [0.3, 0.4) is 0 Å². The number of halogens is 1. The number of benzene rings is 2. The van der Waals surface area contributed by atoms with Gasteiger partial charge < -0.3 is 0 Å². The second kappa shape index (κ2) is 6.16. The molecule has 0 fully saturated rings. The lowest BCUT2D eigenvalue weighted by atomic mass is 10.1. The summed E-state index contributed by atoms with van der Waals surface area (Å²) in [5.74, 6) is -0.226. The first-order chi connectivity index (χ1) is 9.16. The van der Waals surface area contributed by atoms with Crippen molar-refractivity contribution in [3.8, 4) is 0 Å². The van der Waals surface area contributed by atoms with Crippen molar-refractivity contribution in [3.63, 3.8) is 0 Å². The molecule has 0 saturated heterocycles. The summed E-state index contributed by atoms with van der Waals surface area (Å²) >= 11 is 5.85. The van der Waals surface area contributed by atoms with Crippen molar-refractivity contribution >= 4 is 23.7 Å². The summed E-state index contributed by atoms with van der Waals surface area (Å²) in [6.45, 7) is 1.88. The number of hydrogen-bond donors (Lipinski definition) is 1. The minimum Gasteiger partial charge on any atom is -0.267 e. The molecule has 1 amide bonds. The Labute approximate surface area is 116 Å². The first kappa shape index (κ1) is 13.3. The van der Waals surface area contributed by atoms with Gasteiger partial charge in [0.15, 0.2) is 0 Å². The summed E-state index contributed by atoms with van der Waals surface area (Å²) < 4.78 is 0. The normalized spacial score (nSPS) is 10.6. The van der Waals surface area contributed by atoms with Crippen LogP contribution in [0.5, 0.6) is 0 Å². The molecule has 0 radical (unpaired) electrons. The van der Waals surface area contributed by atoms with E-state index in [-0.39, 0.29) is 5.91 Å². The van der Waals surface area contributed by atoms with Crippen LogP contribution in [0.15, 0.2) is 53.6 Å². The van der Waals surface area contributed by atoms with Gasteiger partial charge in [-0.05, 0) is 36.2 Å². The van der Waals surface area contributed by atoms with Crippen molar-refractivity contribution in [2.75, 3.05) is 0 Å². The van der Waals surface area contributed by atoms with E-state index >= 15 is 0 Å². The summed E-state index contributed by atoms with van der Waals surface area (Å²) in [5, 5.41) is 4.55. The lowest BCUT2D eigenvalue weighted by Crippen LogP contribution is -2.18. The zero-order chi connectivity index (χ0) is 13.7. The van der Waals surface area contributed by atoms with E-state index in [1.807, 2.05) is 37.3 Å². The monoisotopic (exact) mass is 272 g/mol. The molecular formula is C15H13ClN2O. The molecule has 2 aromatic rings. The predicted octanol–water partition coefficient (Wildman–Crippen LogP) is 3.41. The topological polar surface area (TPSA) is 41.5 Å². The molecule has 19 heavy (non-hydrogen) atoms. The second-order valence-corrected chi connectivity index (χ2v) is 4.51. The van der Waals surface area contributed by atoms with E-state index in [2.05, 4.69) is 10.5 Å². The van der Waals surface area contributed by atoms with Crippen LogP contribution >= 0.6 is 11.6 Å². The predicted molar refractivity (Wildman–Crippen MR) is 77.7 cm³/mol. The Hall–Kier alpha value is -2.13. The summed E-state index contributed by atoms with van der Waals surface area (Å²) in [7, 11) is 0. The molecule has 0 saturated carbocycles. The van der Waals surface area contributed by atoms with E-state index < -0.39 is 0 Å². The van der Waals surface area contributed by atoms with Crippen molar-refractivity contribution < 1.29 is 4.79 Å². The number of rotatable bonds is 3. The highest BCUT2D eigenvalue weighted by Crippen LogP contribution is 2.09. The second-order valence-electron chi connectivity index (χ2n) is 4.07. The fraction of sp³-hybridized carbons (Fsp3) is 0.0667. The lowest BCUT2D eigenvalue weighted by Gasteiger charge is -2.02. The quantitative estimate of drug-likeness (QED) is 0.675. The van der Waals surface area contributed by atoms with Crippen LogP contribution < -0.4 is 5.43 Å². The third-order valence-electron chi connectivity index (χ3n) is 2.62. The Morgan fingerprint density at radius 3 is 2.74 bits per heavy atom. The maximum Gasteiger partial charge on any atom is 0.271 e. The van der Waals surface area contributed by atoms with E-state index in [1.54, 1.807) is 24.4 Å². The summed E-state index contributed by atoms with van der Waals surface area (Å²) in [6, 6.07) is 14.6. The van der Waals surface area contributed by atoms with Gasteiger partial charge in [-0.1, -0.05) is 41.9 Å². The number of aryl methyl sites for hydroxylation is 1. The Morgan fingerprint density at radius 1 is 1.21 bits per heavy atom. The molecule has 0 atom stereocenters. The van der Waals surface area contributed by atoms with Crippen LogP contribution in [-0.4, -0.2) is 12.1 Å². The fourth-order valence-corrected chi connectivity index (χ4v) is 1.84. The average molecular weight is 273 g/mol. The Morgan fingerprint density at radius 2 is 2.00 bits per heavy atom. The maximum absolute atomic E-state index is 11.9. The number of nitrogens with zero attached hydrogens (tertiary/aromatic N) is 1. The van der Waals surface area contributed by atoms with Crippen molar-refractivity contribution in [3.05, 3.63) is 70.2 Å². The van der Waals surface area contributed by atoms with Crippen molar-refractivity contribution in [1.82, 2.24) is 5.43 Å². The Bertz CT molecular complexity index is 623. The molecule has 0 aliphatic carbocycles. The van der Waals surface area contributed by atoms with Gasteiger partial charge in [0.1, 0.15) is 0 Å². The van der Waals surface area contributed by atoms with Crippen molar-refractivity contribution in [2.24, 2.45) is 5.10 Å². The van der Waals surface area contributed by atoms with Crippen LogP contribution in [0.4, 0.5) is 0 Å². The molecule has 0 aliphatic rings. The van der Waals surface area contributed by atoms with Gasteiger partial charge >= 0.3 is 0 Å². The molecule has 0 aliphatic heterocycles. The number of carbonyl (C=O) groups excluding carboxylic acids is 1. The van der Waals surface area contributed by atoms with Crippen LogP contribution in [-0.2, 0) is 0 Å². The molecule has 96 valence electrons. The van der Waals surface area contributed by atoms with Gasteiger partial charge in [0, 0.05) is 10.6 Å². The van der Waals surface area contributed by atoms with Gasteiger partial charge in [-0.25, -0.2) is 5.43 Å². The van der Waals surface area contributed by atoms with E-state index in [9.17, 15) is 4.79 Å². The minimum absolute atomic E-state index is 0.226. The first-order valence-corrected chi connectivity index (χ1v) is 6.19. The standard InChI is InChI=1S/C15H13ClN2O/c1-11-5-2-3-8-14(11)15(19)18-17-10-12-6-4-7-13(16)9-12/h2-10H,1H3,(H,18,19)/b17-10+. The maximum atomic E-state index is 11.9. The number of carbonyl (C=O) groups is 1. The fourth-order valence-electron chi connectivity index (χ4n) is 1.64. The lowest BCUT2D eigenvalue weighted by molar-refractivity contribution is 0.0954. The molecule has 2 aromatic carbocycles. The van der Waals surface area contributed by atoms with E-state index in [0.29, 0.717) is 10.6 Å². The molecule has 0 aromatic heterocycles. The van der Waals surface area contributed by atoms with Gasteiger partial charge in [-0.2, -0.15) is 5.10 Å². The zero-order valence-electron chi connectivity index (χ0n) is 10.4. The molecule has 0 spiro atoms. The summed E-state index contributed by atoms with van der Waals surface area (Å²) in [6.07, 6.45) is 1.56. The highest BCUT2D eigenvalue weighted by molar-refractivity contribution is 6.30. The smallest absolute Gasteiger partial charge is 0.267 e. The molecule has 4 heteroatoms. The molecular weight excluding hydrogens is 260 g/mol. The van der Waals surface area contributed by atoms with Crippen LogP contribution in [0.25, 0.3) is 0 Å². The Kier molecular flexibility index (Phi) is 4.31. The van der Waals surface area contributed by atoms with Gasteiger partial charge in [0.05, 0.1) is 6.21 Å². The molecule has 0 heterocycles. The number of nitrogens with one attached hydrogen (secondary N) is 1. The van der Waals surface area contributed by atoms with Crippen LogP contribution in [0, 0.1) is 6.92 Å². The SMILES string of the molecule is Cc1ccccc1C(=O)N/N=C/c1cccc(Cl)c1. The van der Waals surface area contributed by atoms with Crippen molar-refractivity contribution in [2.45, 2.75) is 6.92 Å². The largest absolute Gasteiger partial charge is 0.271 e. The summed E-state index contributed by atoms with van der Waals surface area (Å²) in [4.78, 5) is 11.9. The van der Waals surface area contributed by atoms with Gasteiger partial charge in [-0.15, -0.1) is 0 Å². The highest BCUT2D eigenvalue weighted by atomic mass is 35.5. The average Bonchev–Trinajstić information content (AvgIpc) is 2.39. The van der Waals surface area contributed by atoms with Gasteiger partial charge in [0.2, 0.25) is 0 Å². The molecule has 1 N–H and O–H groups in total. The number of hydrazone groups is 1. The number of amides is 1. The molecule has 0 bridgehead atoms. The van der Waals surface area contributed by atoms with E-state index in [0.717, 1.165) is 11.1 Å². The third-order valence-corrected chi connectivity index (χ3v) is 2.85. The van der Waals surface area contributed by atoms with E-state index in [4.69, 9.17) is 11.6 Å². The first-order valence-electron chi connectivity index (χ1n) is 5.81. The van der Waals surface area contributed by atoms with Gasteiger partial charge in [-0.3, -0.25) is 4.79 Å². The van der Waals surface area contributed by atoms with Gasteiger partial charge in [0.25, 0.3) is 5.91 Å². The number of hydrogen-bond acceptors (Lipinski definition) is 2. The van der Waals surface area contributed by atoms with Crippen LogP contribution in [0.2, 0.25) is 5.02 Å². The molecule has 2 rings (SSSR count). The van der Waals surface area contributed by atoms with E-state index in [1.165, 1.54) is 0 Å². The molecule has 3 nitrogen and oxygen atoms in total. The molecule has 0 unspecified atom stereocenters. The zero-order valence-corrected chi connectivity index (χ0v) is 11.2. The third kappa shape index (κ3) is 3.66. The van der Waals surface area contributed by atoms with Crippen LogP contribution in [0.1, 0.15) is 21.5 Å².